The van der Waals surface area contributed by atoms with Crippen molar-refractivity contribution in [1.82, 2.24) is 5.32 Å². The second-order valence-corrected chi connectivity index (χ2v) is 20.3. The lowest BCUT2D eigenvalue weighted by Crippen LogP contribution is -2.45. The van der Waals surface area contributed by atoms with Crippen LogP contribution in [0.3, 0.4) is 0 Å². The van der Waals surface area contributed by atoms with Gasteiger partial charge in [0.2, 0.25) is 5.91 Å². The molecule has 68 heavy (non-hydrogen) atoms. The van der Waals surface area contributed by atoms with E-state index in [0.29, 0.717) is 19.4 Å². The molecule has 0 bridgehead atoms. The summed E-state index contributed by atoms with van der Waals surface area (Å²) in [5.41, 5.74) is 0. The molecular formula is C62H115NO5. The van der Waals surface area contributed by atoms with Gasteiger partial charge in [0.1, 0.15) is 0 Å². The van der Waals surface area contributed by atoms with Gasteiger partial charge in [-0.2, -0.15) is 0 Å². The van der Waals surface area contributed by atoms with Gasteiger partial charge >= 0.3 is 5.97 Å². The molecule has 0 spiro atoms. The summed E-state index contributed by atoms with van der Waals surface area (Å²) >= 11 is 0. The van der Waals surface area contributed by atoms with Gasteiger partial charge in [0.25, 0.3) is 0 Å². The quantitative estimate of drug-likeness (QED) is 0.0244. The summed E-state index contributed by atoms with van der Waals surface area (Å²) in [6.07, 6.45) is 72.8. The first kappa shape index (κ1) is 65.8. The monoisotopic (exact) mass is 954 g/mol. The summed E-state index contributed by atoms with van der Waals surface area (Å²) in [4.78, 5) is 24.5. The van der Waals surface area contributed by atoms with E-state index in [1.807, 2.05) is 6.08 Å². The Morgan fingerprint density at radius 1 is 0.412 bits per heavy atom. The zero-order chi connectivity index (χ0) is 49.3. The van der Waals surface area contributed by atoms with E-state index in [1.54, 1.807) is 6.08 Å². The minimum absolute atomic E-state index is 0.0309. The molecule has 0 saturated heterocycles. The van der Waals surface area contributed by atoms with Crippen molar-refractivity contribution in [3.63, 3.8) is 0 Å². The van der Waals surface area contributed by atoms with Gasteiger partial charge in [0.05, 0.1) is 25.4 Å². The van der Waals surface area contributed by atoms with Gasteiger partial charge in [-0.3, -0.25) is 9.59 Å². The normalized spacial score (nSPS) is 12.9. The van der Waals surface area contributed by atoms with Crippen LogP contribution < -0.4 is 5.32 Å². The first-order valence-corrected chi connectivity index (χ1v) is 29.9. The number of carbonyl (C=O) groups excluding carboxylic acids is 2. The minimum atomic E-state index is -0.861. The predicted molar refractivity (Wildman–Crippen MR) is 296 cm³/mol. The fourth-order valence-corrected chi connectivity index (χ4v) is 8.97. The Kier molecular flexibility index (Phi) is 55.6. The standard InChI is InChI=1S/C62H115NO5/c1-3-5-7-9-11-13-15-17-19-20-21-22-23-24-27-30-34-38-42-46-50-54-60(65)59(58-64)63-61(66)55-51-47-43-39-35-31-28-25-29-33-37-41-45-49-53-57-68-62(67)56-52-48-44-40-36-32-26-18-16-14-12-10-8-6-4-2/h18,25-26,29,33,37,50,54,59-60,64-65H,3-17,19-24,27-28,30-32,34-36,38-49,51-53,55-58H2,1-2H3,(H,63,66)/b26-18-,29-25-,37-33-,54-50+. The summed E-state index contributed by atoms with van der Waals surface area (Å²) < 4.78 is 5.44. The molecule has 0 fully saturated rings. The fourth-order valence-electron chi connectivity index (χ4n) is 8.97. The van der Waals surface area contributed by atoms with Crippen LogP contribution in [0.1, 0.15) is 309 Å². The third kappa shape index (κ3) is 53.2. The highest BCUT2D eigenvalue weighted by Gasteiger charge is 2.18. The number of hydrogen-bond acceptors (Lipinski definition) is 5. The summed E-state index contributed by atoms with van der Waals surface area (Å²) in [6, 6.07) is -0.646. The Balaban J connectivity index is 3.55. The van der Waals surface area contributed by atoms with Crippen LogP contribution in [-0.4, -0.2) is 47.4 Å². The van der Waals surface area contributed by atoms with Crippen molar-refractivity contribution in [1.29, 1.82) is 0 Å². The number of hydrogen-bond donors (Lipinski definition) is 3. The number of unbranched alkanes of at least 4 members (excludes halogenated alkanes) is 39. The molecule has 0 saturated carbocycles. The number of esters is 1. The Hall–Kier alpha value is -2.18. The summed E-state index contributed by atoms with van der Waals surface area (Å²) in [7, 11) is 0. The molecule has 0 aliphatic rings. The third-order valence-corrected chi connectivity index (χ3v) is 13.6. The van der Waals surface area contributed by atoms with Gasteiger partial charge in [-0.25, -0.2) is 0 Å². The molecular weight excluding hydrogens is 839 g/mol. The molecule has 0 aliphatic carbocycles. The summed E-state index contributed by atoms with van der Waals surface area (Å²) in [6.45, 7) is 4.85. The van der Waals surface area contributed by atoms with E-state index in [0.717, 1.165) is 77.0 Å². The molecule has 2 unspecified atom stereocenters. The number of nitrogens with one attached hydrogen (secondary N) is 1. The second kappa shape index (κ2) is 57.4. The number of amides is 1. The number of aliphatic hydroxyl groups is 2. The van der Waals surface area contributed by atoms with Crippen LogP contribution in [0.25, 0.3) is 0 Å². The number of allylic oxidation sites excluding steroid dienone is 7. The van der Waals surface area contributed by atoms with Crippen LogP contribution in [0, 0.1) is 0 Å². The van der Waals surface area contributed by atoms with E-state index in [-0.39, 0.29) is 18.5 Å². The molecule has 3 N–H and O–H groups in total. The average molecular weight is 955 g/mol. The van der Waals surface area contributed by atoms with Crippen molar-refractivity contribution in [2.75, 3.05) is 13.2 Å². The largest absolute Gasteiger partial charge is 0.466 e. The van der Waals surface area contributed by atoms with E-state index in [4.69, 9.17) is 4.74 Å². The van der Waals surface area contributed by atoms with Crippen molar-refractivity contribution < 1.29 is 24.5 Å². The molecule has 6 heteroatoms. The lowest BCUT2D eigenvalue weighted by atomic mass is 10.0. The Bertz CT molecular complexity index is 1150. The zero-order valence-electron chi connectivity index (χ0n) is 45.3. The summed E-state index contributed by atoms with van der Waals surface area (Å²) in [5.74, 6) is -0.120. The molecule has 0 rings (SSSR count). The van der Waals surface area contributed by atoms with Crippen molar-refractivity contribution in [3.8, 4) is 0 Å². The maximum absolute atomic E-state index is 12.5. The van der Waals surface area contributed by atoms with Gasteiger partial charge in [-0.15, -0.1) is 0 Å². The molecule has 0 heterocycles. The van der Waals surface area contributed by atoms with Crippen molar-refractivity contribution in [2.45, 2.75) is 321 Å². The highest BCUT2D eigenvalue weighted by atomic mass is 16.5. The van der Waals surface area contributed by atoms with Crippen LogP contribution in [0.15, 0.2) is 48.6 Å². The van der Waals surface area contributed by atoms with Crippen LogP contribution in [0.2, 0.25) is 0 Å². The first-order chi connectivity index (χ1) is 33.5. The Labute approximate surface area is 423 Å². The Morgan fingerprint density at radius 2 is 0.735 bits per heavy atom. The predicted octanol–water partition coefficient (Wildman–Crippen LogP) is 18.6. The minimum Gasteiger partial charge on any atom is -0.466 e. The van der Waals surface area contributed by atoms with Gasteiger partial charge in [0, 0.05) is 12.8 Å². The van der Waals surface area contributed by atoms with Crippen LogP contribution in [0.4, 0.5) is 0 Å². The summed E-state index contributed by atoms with van der Waals surface area (Å²) in [5, 5.41) is 23.2. The van der Waals surface area contributed by atoms with E-state index in [2.05, 4.69) is 55.6 Å². The topological polar surface area (TPSA) is 95.9 Å². The zero-order valence-corrected chi connectivity index (χ0v) is 45.3. The molecule has 0 aromatic heterocycles. The smallest absolute Gasteiger partial charge is 0.305 e. The molecule has 6 nitrogen and oxygen atoms in total. The van der Waals surface area contributed by atoms with Gasteiger partial charge in [-0.05, 0) is 89.9 Å². The third-order valence-electron chi connectivity index (χ3n) is 13.6. The highest BCUT2D eigenvalue weighted by Crippen LogP contribution is 2.16. The first-order valence-electron chi connectivity index (χ1n) is 29.9. The number of aliphatic hydroxyl groups excluding tert-OH is 2. The fraction of sp³-hybridized carbons (Fsp3) is 0.839. The number of ether oxygens (including phenoxy) is 1. The van der Waals surface area contributed by atoms with E-state index in [9.17, 15) is 19.8 Å². The van der Waals surface area contributed by atoms with Crippen molar-refractivity contribution >= 4 is 11.9 Å². The molecule has 2 atom stereocenters. The van der Waals surface area contributed by atoms with Gasteiger partial charge < -0.3 is 20.3 Å². The van der Waals surface area contributed by atoms with E-state index < -0.39 is 12.1 Å². The van der Waals surface area contributed by atoms with E-state index in [1.165, 1.54) is 205 Å². The van der Waals surface area contributed by atoms with Crippen LogP contribution in [0.5, 0.6) is 0 Å². The molecule has 0 aliphatic heterocycles. The molecule has 398 valence electrons. The number of rotatable bonds is 55. The highest BCUT2D eigenvalue weighted by molar-refractivity contribution is 5.76. The molecule has 0 aromatic carbocycles. The lowest BCUT2D eigenvalue weighted by molar-refractivity contribution is -0.143. The molecule has 0 aromatic rings. The lowest BCUT2D eigenvalue weighted by Gasteiger charge is -2.20. The maximum Gasteiger partial charge on any atom is 0.305 e. The van der Waals surface area contributed by atoms with E-state index >= 15 is 0 Å². The Morgan fingerprint density at radius 3 is 1.13 bits per heavy atom. The van der Waals surface area contributed by atoms with Crippen LogP contribution in [-0.2, 0) is 14.3 Å². The SMILES string of the molecule is CCCCCCCC/C=C\CCCCCCCC(=O)OCCCCC/C=C\C=C/CCCCCCCCC(=O)NC(CO)C(O)/C=C/CCCCCCCCCCCCCCCCCCCCC. The van der Waals surface area contributed by atoms with Crippen molar-refractivity contribution in [3.05, 3.63) is 48.6 Å². The van der Waals surface area contributed by atoms with Crippen LogP contribution >= 0.6 is 0 Å². The van der Waals surface area contributed by atoms with Gasteiger partial charge in [0.15, 0.2) is 0 Å². The molecule has 0 radical (unpaired) electrons. The average Bonchev–Trinajstić information content (AvgIpc) is 3.34. The maximum atomic E-state index is 12.5. The second-order valence-electron chi connectivity index (χ2n) is 20.3. The number of carbonyl (C=O) groups is 2. The molecule has 1 amide bonds. The van der Waals surface area contributed by atoms with Gasteiger partial charge in [-0.1, -0.05) is 255 Å². The van der Waals surface area contributed by atoms with Crippen molar-refractivity contribution in [2.24, 2.45) is 0 Å².